The van der Waals surface area contributed by atoms with Gasteiger partial charge in [0.25, 0.3) is 0 Å². The summed E-state index contributed by atoms with van der Waals surface area (Å²) in [7, 11) is 0. The van der Waals surface area contributed by atoms with Crippen LogP contribution in [-0.2, 0) is 24.3 Å². The Morgan fingerprint density at radius 3 is 1.38 bits per heavy atom. The highest BCUT2D eigenvalue weighted by Gasteiger charge is 2.18. The first-order chi connectivity index (χ1) is 23.8. The fraction of sp³-hybridized carbons (Fsp3) is 0.167. The summed E-state index contributed by atoms with van der Waals surface area (Å²) in [5, 5.41) is 29.4. The number of nitrogens with zero attached hydrogens (tertiary/aromatic N) is 8. The minimum atomic E-state index is 0.349. The van der Waals surface area contributed by atoms with Crippen molar-refractivity contribution in [3.8, 4) is 11.5 Å². The molecule has 0 fully saturated rings. The molecule has 1 aliphatic heterocycles. The largest absolute Gasteiger partial charge is 0.489 e. The van der Waals surface area contributed by atoms with E-state index in [4.69, 9.17) is 19.7 Å². The summed E-state index contributed by atoms with van der Waals surface area (Å²) in [5.74, 6) is 4.31. The van der Waals surface area contributed by atoms with Crippen LogP contribution in [0.4, 0.5) is 0 Å². The molecule has 3 heterocycles. The number of rotatable bonds is 6. The summed E-state index contributed by atoms with van der Waals surface area (Å²) in [5.41, 5.74) is 4.06. The van der Waals surface area contributed by atoms with Crippen LogP contribution in [0.15, 0.2) is 130 Å². The average molecular weight is 673 g/mol. The third kappa shape index (κ3) is 7.84. The van der Waals surface area contributed by atoms with Crippen LogP contribution in [0.1, 0.15) is 33.9 Å². The van der Waals surface area contributed by atoms with Gasteiger partial charge in [0.05, 0.1) is 12.4 Å². The maximum atomic E-state index is 6.15. The van der Waals surface area contributed by atoms with E-state index in [-0.39, 0.29) is 0 Å². The lowest BCUT2D eigenvalue weighted by Gasteiger charge is -2.12. The molecule has 0 spiro atoms. The summed E-state index contributed by atoms with van der Waals surface area (Å²) in [6.07, 6.45) is 4.62. The Balaban J connectivity index is 1.23. The van der Waals surface area contributed by atoms with E-state index >= 15 is 0 Å². The quantitative estimate of drug-likeness (QED) is 0.179. The smallest absolute Gasteiger partial charge is 0.212 e. The number of hydrogen-bond donors (Lipinski definition) is 0. The van der Waals surface area contributed by atoms with E-state index in [0.717, 1.165) is 22.6 Å². The van der Waals surface area contributed by atoms with E-state index in [1.54, 1.807) is 36.0 Å². The van der Waals surface area contributed by atoms with E-state index in [1.165, 1.54) is 11.1 Å². The third-order valence-corrected chi connectivity index (χ3v) is 9.39. The van der Waals surface area contributed by atoms with Crippen LogP contribution in [0.3, 0.4) is 0 Å². The van der Waals surface area contributed by atoms with E-state index in [9.17, 15) is 0 Å². The molecule has 0 saturated carbocycles. The molecule has 7 rings (SSSR count). The molecule has 0 bridgehead atoms. The van der Waals surface area contributed by atoms with Gasteiger partial charge in [0.2, 0.25) is 10.3 Å². The Hall–Kier alpha value is -5.20. The molecular formula is C36H32N8O2S2. The molecule has 0 N–H and O–H groups in total. The van der Waals surface area contributed by atoms with Crippen molar-refractivity contribution in [2.45, 2.75) is 34.7 Å². The zero-order chi connectivity index (χ0) is 32.4. The van der Waals surface area contributed by atoms with Gasteiger partial charge in [-0.15, -0.1) is 20.4 Å². The minimum Gasteiger partial charge on any atom is -0.489 e. The van der Waals surface area contributed by atoms with Crippen molar-refractivity contribution in [2.75, 3.05) is 13.2 Å². The third-order valence-electron chi connectivity index (χ3n) is 7.41. The highest BCUT2D eigenvalue weighted by molar-refractivity contribution is 7.98. The Labute approximate surface area is 286 Å². The van der Waals surface area contributed by atoms with Crippen molar-refractivity contribution in [3.63, 3.8) is 0 Å². The molecule has 0 atom stereocenters. The zero-order valence-electron chi connectivity index (χ0n) is 26.0. The highest BCUT2D eigenvalue weighted by Crippen LogP contribution is 2.26. The van der Waals surface area contributed by atoms with Gasteiger partial charge in [0, 0.05) is 35.5 Å². The van der Waals surface area contributed by atoms with Crippen molar-refractivity contribution in [2.24, 2.45) is 10.2 Å². The highest BCUT2D eigenvalue weighted by atomic mass is 32.2. The maximum Gasteiger partial charge on any atom is 0.212 e. The maximum absolute atomic E-state index is 6.15. The van der Waals surface area contributed by atoms with E-state index < -0.39 is 0 Å². The number of para-hydroxylation sites is 2. The lowest BCUT2D eigenvalue weighted by molar-refractivity contribution is 0.217. The minimum absolute atomic E-state index is 0.349. The second kappa shape index (κ2) is 15.6. The van der Waals surface area contributed by atoms with Gasteiger partial charge in [-0.25, -0.2) is 0 Å². The number of ether oxygens (including phenoxy) is 2. The second-order valence-corrected chi connectivity index (χ2v) is 12.6. The number of fused-ring (bicyclic) bond motifs is 4. The van der Waals surface area contributed by atoms with Gasteiger partial charge in [-0.1, -0.05) is 108 Å². The molecule has 0 aliphatic carbocycles. The van der Waals surface area contributed by atoms with Gasteiger partial charge in [0.1, 0.15) is 24.7 Å². The summed E-state index contributed by atoms with van der Waals surface area (Å²) >= 11 is 3.18. The molecule has 0 saturated heterocycles. The van der Waals surface area contributed by atoms with Gasteiger partial charge in [-0.05, 0) is 35.4 Å². The predicted octanol–water partition coefficient (Wildman–Crippen LogP) is 6.78. The first kappa shape index (κ1) is 31.4. The second-order valence-electron chi connectivity index (χ2n) is 10.7. The summed E-state index contributed by atoms with van der Waals surface area (Å²) < 4.78 is 15.9. The fourth-order valence-corrected chi connectivity index (χ4v) is 6.69. The van der Waals surface area contributed by atoms with Gasteiger partial charge in [-0.2, -0.15) is 19.6 Å². The molecule has 4 aromatic carbocycles. The summed E-state index contributed by atoms with van der Waals surface area (Å²) in [6, 6.07) is 36.2. The van der Waals surface area contributed by atoms with Crippen molar-refractivity contribution >= 4 is 36.0 Å². The van der Waals surface area contributed by atoms with Crippen LogP contribution in [0, 0.1) is 0 Å². The van der Waals surface area contributed by atoms with E-state index in [2.05, 4.69) is 44.7 Å². The standard InChI is InChI=1S/C36H32N8O2S2/c1-3-11-27(12-4-1)25-47-35-41-39-33-19-20-34-40-42-36(48-26-28-13-5-2-6-14-28)44(34)38-24-30-16-8-10-18-32(30)46-22-21-45-31-17-9-7-15-29(31)23-37-43(33)35/h1-18,23-24H,19-22,25-26H2/b37-23-,38-24-. The first-order valence-corrected chi connectivity index (χ1v) is 17.5. The molecule has 0 amide bonds. The topological polar surface area (TPSA) is 105 Å². The number of thioether (sulfide) groups is 2. The van der Waals surface area contributed by atoms with Gasteiger partial charge >= 0.3 is 0 Å². The Morgan fingerprint density at radius 1 is 0.500 bits per heavy atom. The van der Waals surface area contributed by atoms with Crippen molar-refractivity contribution in [1.82, 2.24) is 29.7 Å². The van der Waals surface area contributed by atoms with Crippen LogP contribution >= 0.6 is 23.5 Å². The molecule has 12 heteroatoms. The van der Waals surface area contributed by atoms with Crippen molar-refractivity contribution < 1.29 is 9.47 Å². The lowest BCUT2D eigenvalue weighted by Crippen LogP contribution is -2.11. The molecule has 240 valence electrons. The normalized spacial score (nSPS) is 14.5. The van der Waals surface area contributed by atoms with E-state index in [0.29, 0.717) is 59.5 Å². The van der Waals surface area contributed by atoms with Crippen molar-refractivity contribution in [1.29, 1.82) is 0 Å². The molecule has 0 radical (unpaired) electrons. The lowest BCUT2D eigenvalue weighted by atomic mass is 10.2. The van der Waals surface area contributed by atoms with E-state index in [1.807, 2.05) is 94.3 Å². The summed E-state index contributed by atoms with van der Waals surface area (Å²) in [6.45, 7) is 0.699. The molecular weight excluding hydrogens is 641 g/mol. The first-order valence-electron chi connectivity index (χ1n) is 15.5. The van der Waals surface area contributed by atoms with Crippen LogP contribution in [0.25, 0.3) is 0 Å². The van der Waals surface area contributed by atoms with Gasteiger partial charge < -0.3 is 9.47 Å². The molecule has 1 aliphatic rings. The van der Waals surface area contributed by atoms with Gasteiger partial charge in [-0.3, -0.25) is 0 Å². The molecule has 0 unspecified atom stereocenters. The van der Waals surface area contributed by atoms with Gasteiger partial charge in [0.15, 0.2) is 11.6 Å². The molecule has 10 nitrogen and oxygen atoms in total. The van der Waals surface area contributed by atoms with Crippen LogP contribution in [0.2, 0.25) is 0 Å². The molecule has 48 heavy (non-hydrogen) atoms. The predicted molar refractivity (Wildman–Crippen MR) is 189 cm³/mol. The van der Waals surface area contributed by atoms with Crippen molar-refractivity contribution in [3.05, 3.63) is 143 Å². The fourth-order valence-electron chi connectivity index (χ4n) is 4.96. The monoisotopic (exact) mass is 672 g/mol. The number of benzene rings is 4. The molecule has 6 aromatic rings. The Morgan fingerprint density at radius 2 is 0.917 bits per heavy atom. The SMILES string of the molecule is C1=N\n2c(nnc2SCc2ccccc2)CCc2nnc(SCc3ccccc3)n2/N=C\c2ccccc2OCCOc2ccccc2/1. The summed E-state index contributed by atoms with van der Waals surface area (Å²) in [4.78, 5) is 0. The van der Waals surface area contributed by atoms with Crippen LogP contribution in [0.5, 0.6) is 11.5 Å². The molecule has 2 aromatic heterocycles. The van der Waals surface area contributed by atoms with Crippen LogP contribution in [-0.4, -0.2) is 55.4 Å². The Kier molecular flexibility index (Phi) is 10.2. The number of aryl methyl sites for hydroxylation is 2. The number of hydrogen-bond acceptors (Lipinski definition) is 10. The zero-order valence-corrected chi connectivity index (χ0v) is 27.6. The number of aromatic nitrogens is 6. The average Bonchev–Trinajstić information content (AvgIpc) is 3.72. The van der Waals surface area contributed by atoms with Crippen LogP contribution < -0.4 is 9.47 Å². The Bertz CT molecular complexity index is 1870.